The number of para-hydroxylation sites is 1. The highest BCUT2D eigenvalue weighted by molar-refractivity contribution is 5.93. The first-order chi connectivity index (χ1) is 18.0. The van der Waals surface area contributed by atoms with Crippen molar-refractivity contribution in [3.05, 3.63) is 65.9 Å². The average Bonchev–Trinajstić information content (AvgIpc) is 3.29. The molecule has 202 valence electrons. The number of amides is 3. The summed E-state index contributed by atoms with van der Waals surface area (Å²) >= 11 is 0. The van der Waals surface area contributed by atoms with E-state index in [4.69, 9.17) is 5.73 Å². The first kappa shape index (κ1) is 28.2. The van der Waals surface area contributed by atoms with Gasteiger partial charge in [-0.25, -0.2) is 4.79 Å². The van der Waals surface area contributed by atoms with Gasteiger partial charge in [-0.05, 0) is 36.2 Å². The monoisotopic (exact) mass is 525 g/mol. The smallest absolute Gasteiger partial charge is 0.326 e. The van der Waals surface area contributed by atoms with Gasteiger partial charge in [0.25, 0.3) is 0 Å². The van der Waals surface area contributed by atoms with Gasteiger partial charge in [0.1, 0.15) is 23.9 Å². The molecule has 12 nitrogen and oxygen atoms in total. The number of phenolic OH excluding ortho intramolecular Hbond substituents is 1. The Morgan fingerprint density at radius 1 is 0.947 bits per heavy atom. The number of aromatic hydroxyl groups is 1. The maximum atomic E-state index is 12.9. The van der Waals surface area contributed by atoms with E-state index in [2.05, 4.69) is 20.9 Å². The number of carbonyl (C=O) groups excluding carboxylic acids is 3. The topological polar surface area (TPSA) is 207 Å². The van der Waals surface area contributed by atoms with E-state index < -0.39 is 54.5 Å². The third kappa shape index (κ3) is 7.54. The Balaban J connectivity index is 1.63. The number of hydrogen-bond donors (Lipinski definition) is 8. The molecule has 3 aromatic rings. The molecule has 2 aromatic carbocycles. The Kier molecular flexibility index (Phi) is 9.41. The first-order valence-electron chi connectivity index (χ1n) is 11.9. The number of carboxylic acids is 1. The van der Waals surface area contributed by atoms with Crippen molar-refractivity contribution in [3.63, 3.8) is 0 Å². The summed E-state index contributed by atoms with van der Waals surface area (Å²) in [5.41, 5.74) is 7.82. The molecule has 0 spiro atoms. The second kappa shape index (κ2) is 12.7. The van der Waals surface area contributed by atoms with E-state index in [1.807, 2.05) is 24.3 Å². The van der Waals surface area contributed by atoms with Crippen molar-refractivity contribution in [1.82, 2.24) is 20.9 Å². The van der Waals surface area contributed by atoms with Crippen LogP contribution in [-0.4, -0.2) is 74.8 Å². The summed E-state index contributed by atoms with van der Waals surface area (Å²) in [5, 5.41) is 36.8. The lowest BCUT2D eigenvalue weighted by Gasteiger charge is -2.22. The van der Waals surface area contributed by atoms with Gasteiger partial charge in [0.05, 0.1) is 12.6 Å². The number of hydrogen-bond acceptors (Lipinski definition) is 7. The molecule has 38 heavy (non-hydrogen) atoms. The lowest BCUT2D eigenvalue weighted by atomic mass is 10.0. The molecule has 4 unspecified atom stereocenters. The number of aliphatic carboxylic acids is 1. The lowest BCUT2D eigenvalue weighted by Crippen LogP contribution is -2.56. The lowest BCUT2D eigenvalue weighted by molar-refractivity contribution is -0.141. The number of H-pyrrole nitrogens is 1. The Hall–Kier alpha value is -4.42. The van der Waals surface area contributed by atoms with E-state index >= 15 is 0 Å². The molecule has 12 heteroatoms. The van der Waals surface area contributed by atoms with E-state index in [1.165, 1.54) is 19.1 Å². The number of aromatic nitrogens is 1. The fraction of sp³-hybridized carbons (Fsp3) is 0.308. The molecule has 3 amide bonds. The molecule has 9 N–H and O–H groups in total. The minimum Gasteiger partial charge on any atom is -0.508 e. The molecule has 1 heterocycles. The van der Waals surface area contributed by atoms with Crippen LogP contribution in [0.4, 0.5) is 0 Å². The summed E-state index contributed by atoms with van der Waals surface area (Å²) in [4.78, 5) is 52.7. The van der Waals surface area contributed by atoms with Crippen LogP contribution in [0.5, 0.6) is 5.75 Å². The number of fused-ring (bicyclic) bond motifs is 1. The fourth-order valence-corrected chi connectivity index (χ4v) is 3.82. The number of carboxylic acid groups (broad SMARTS) is 1. The zero-order valence-corrected chi connectivity index (χ0v) is 20.7. The minimum atomic E-state index is -1.28. The van der Waals surface area contributed by atoms with Crippen molar-refractivity contribution in [2.45, 2.75) is 44.0 Å². The first-order valence-corrected chi connectivity index (χ1v) is 11.9. The summed E-state index contributed by atoms with van der Waals surface area (Å²) < 4.78 is 0. The molecule has 0 radical (unpaired) electrons. The van der Waals surface area contributed by atoms with Gasteiger partial charge < -0.3 is 42.0 Å². The number of nitrogens with one attached hydrogen (secondary N) is 4. The van der Waals surface area contributed by atoms with Gasteiger partial charge in [0.2, 0.25) is 17.7 Å². The van der Waals surface area contributed by atoms with Crippen LogP contribution in [-0.2, 0) is 32.0 Å². The van der Waals surface area contributed by atoms with Crippen LogP contribution in [0.3, 0.4) is 0 Å². The summed E-state index contributed by atoms with van der Waals surface area (Å²) in [6.45, 7) is 0.791. The van der Waals surface area contributed by atoms with Crippen molar-refractivity contribution in [2.75, 3.05) is 6.54 Å². The van der Waals surface area contributed by atoms with Crippen LogP contribution >= 0.6 is 0 Å². The standard InChI is InChI=1S/C26H31N5O7/c1-14(32)23(27)25(36)31-20(10-15-6-8-17(33)9-7-15)24(35)29-13-22(34)30-21(26(37)38)11-16-12-28-19-5-3-2-4-18(16)19/h2-9,12,14,20-21,23,28,32-33H,10-11,13,27H2,1H3,(H,29,35)(H,30,34)(H,31,36)(H,37,38). The summed E-state index contributed by atoms with van der Waals surface area (Å²) in [5.74, 6) is -3.44. The van der Waals surface area contributed by atoms with E-state index in [-0.39, 0.29) is 18.6 Å². The molecule has 0 saturated heterocycles. The molecule has 0 aliphatic carbocycles. The molecular formula is C26H31N5O7. The average molecular weight is 526 g/mol. The molecule has 4 atom stereocenters. The number of phenols is 1. The third-order valence-corrected chi connectivity index (χ3v) is 5.99. The molecule has 1 aromatic heterocycles. The second-order valence-electron chi connectivity index (χ2n) is 8.94. The van der Waals surface area contributed by atoms with E-state index in [0.717, 1.165) is 10.9 Å². The van der Waals surface area contributed by atoms with Crippen LogP contribution in [0.2, 0.25) is 0 Å². The number of benzene rings is 2. The van der Waals surface area contributed by atoms with Crippen molar-refractivity contribution in [3.8, 4) is 5.75 Å². The number of aliphatic hydroxyl groups excluding tert-OH is 1. The van der Waals surface area contributed by atoms with Gasteiger partial charge in [-0.15, -0.1) is 0 Å². The zero-order valence-electron chi connectivity index (χ0n) is 20.7. The van der Waals surface area contributed by atoms with Gasteiger partial charge in [-0.1, -0.05) is 30.3 Å². The molecule has 0 saturated carbocycles. The summed E-state index contributed by atoms with van der Waals surface area (Å²) in [7, 11) is 0. The largest absolute Gasteiger partial charge is 0.508 e. The van der Waals surface area contributed by atoms with Gasteiger partial charge in [0, 0.05) is 29.9 Å². The Labute approximate surface area is 218 Å². The quantitative estimate of drug-likeness (QED) is 0.155. The number of carbonyl (C=O) groups is 4. The van der Waals surface area contributed by atoms with Gasteiger partial charge in [-0.2, -0.15) is 0 Å². The maximum Gasteiger partial charge on any atom is 0.326 e. The Bertz CT molecular complexity index is 1290. The van der Waals surface area contributed by atoms with Crippen molar-refractivity contribution in [2.24, 2.45) is 5.73 Å². The Morgan fingerprint density at radius 3 is 2.29 bits per heavy atom. The Morgan fingerprint density at radius 2 is 1.63 bits per heavy atom. The van der Waals surface area contributed by atoms with Crippen molar-refractivity contribution >= 4 is 34.6 Å². The molecule has 0 aliphatic heterocycles. The highest BCUT2D eigenvalue weighted by atomic mass is 16.4. The number of aromatic amines is 1. The number of rotatable bonds is 12. The third-order valence-electron chi connectivity index (χ3n) is 5.99. The molecule has 0 bridgehead atoms. The fourth-order valence-electron chi connectivity index (χ4n) is 3.82. The van der Waals surface area contributed by atoms with Crippen LogP contribution in [0.25, 0.3) is 10.9 Å². The van der Waals surface area contributed by atoms with Crippen LogP contribution < -0.4 is 21.7 Å². The molecular weight excluding hydrogens is 494 g/mol. The molecule has 0 fully saturated rings. The summed E-state index contributed by atoms with van der Waals surface area (Å²) in [6, 6.07) is 9.63. The van der Waals surface area contributed by atoms with Crippen molar-refractivity contribution < 1.29 is 34.5 Å². The van der Waals surface area contributed by atoms with Gasteiger partial charge in [0.15, 0.2) is 0 Å². The highest BCUT2D eigenvalue weighted by Crippen LogP contribution is 2.19. The van der Waals surface area contributed by atoms with E-state index in [0.29, 0.717) is 11.1 Å². The predicted molar refractivity (Wildman–Crippen MR) is 138 cm³/mol. The minimum absolute atomic E-state index is 0.00428. The van der Waals surface area contributed by atoms with Crippen LogP contribution in [0.1, 0.15) is 18.1 Å². The normalized spacial score (nSPS) is 14.2. The number of aliphatic hydroxyl groups is 1. The van der Waals surface area contributed by atoms with Gasteiger partial charge >= 0.3 is 5.97 Å². The van der Waals surface area contributed by atoms with E-state index in [9.17, 15) is 34.5 Å². The maximum absolute atomic E-state index is 12.9. The zero-order chi connectivity index (χ0) is 27.8. The van der Waals surface area contributed by atoms with Gasteiger partial charge in [-0.3, -0.25) is 14.4 Å². The molecule has 0 aliphatic rings. The predicted octanol–water partition coefficient (Wildman–Crippen LogP) is -0.463. The van der Waals surface area contributed by atoms with E-state index in [1.54, 1.807) is 18.3 Å². The SMILES string of the molecule is CC(O)C(N)C(=O)NC(Cc1ccc(O)cc1)C(=O)NCC(=O)NC(Cc1c[nH]c2ccccc12)C(=O)O. The van der Waals surface area contributed by atoms with Crippen LogP contribution in [0, 0.1) is 0 Å². The summed E-state index contributed by atoms with van der Waals surface area (Å²) in [6.07, 6.45) is 0.548. The number of nitrogens with two attached hydrogens (primary N) is 1. The second-order valence-corrected chi connectivity index (χ2v) is 8.94. The van der Waals surface area contributed by atoms with Crippen LogP contribution in [0.15, 0.2) is 54.7 Å². The highest BCUT2D eigenvalue weighted by Gasteiger charge is 2.27. The molecule has 3 rings (SSSR count). The van der Waals surface area contributed by atoms with Crippen molar-refractivity contribution in [1.29, 1.82) is 0 Å².